The summed E-state index contributed by atoms with van der Waals surface area (Å²) in [5.41, 5.74) is 18.5. The summed E-state index contributed by atoms with van der Waals surface area (Å²) in [4.78, 5) is 2.44. The van der Waals surface area contributed by atoms with Crippen molar-refractivity contribution in [1.29, 1.82) is 0 Å². The van der Waals surface area contributed by atoms with E-state index in [2.05, 4.69) is 217 Å². The van der Waals surface area contributed by atoms with Gasteiger partial charge in [-0.1, -0.05) is 170 Å². The highest BCUT2D eigenvalue weighted by atomic mass is 32.1. The van der Waals surface area contributed by atoms with Gasteiger partial charge in [-0.25, -0.2) is 0 Å². The van der Waals surface area contributed by atoms with Crippen LogP contribution in [0.5, 0.6) is 0 Å². The van der Waals surface area contributed by atoms with Crippen molar-refractivity contribution >= 4 is 48.6 Å². The lowest BCUT2D eigenvalue weighted by Gasteiger charge is -2.32. The normalized spacial score (nSPS) is 13.1. The molecule has 0 atom stereocenters. The molecule has 0 amide bonds. The predicted molar refractivity (Wildman–Crippen MR) is 241 cm³/mol. The van der Waals surface area contributed by atoms with Crippen LogP contribution in [0.1, 0.15) is 22.3 Å². The van der Waals surface area contributed by atoms with Crippen molar-refractivity contribution < 1.29 is 0 Å². The van der Waals surface area contributed by atoms with E-state index in [0.29, 0.717) is 0 Å². The minimum absolute atomic E-state index is 0.417. The summed E-state index contributed by atoms with van der Waals surface area (Å²) in [6, 6.07) is 78.7. The van der Waals surface area contributed by atoms with Gasteiger partial charge < -0.3 is 4.90 Å². The van der Waals surface area contributed by atoms with Crippen LogP contribution >= 0.6 is 11.3 Å². The average Bonchev–Trinajstić information content (AvgIpc) is 3.91. The average molecular weight is 742 g/mol. The Morgan fingerprint density at radius 1 is 0.316 bits per heavy atom. The maximum Gasteiger partial charge on any atom is 0.0726 e. The molecule has 0 unspecified atom stereocenters. The molecule has 0 N–H and O–H groups in total. The van der Waals surface area contributed by atoms with Gasteiger partial charge in [0, 0.05) is 37.2 Å². The summed E-state index contributed by atoms with van der Waals surface area (Å²) in [5, 5.41) is 2.64. The van der Waals surface area contributed by atoms with Gasteiger partial charge in [-0.05, 0) is 109 Å². The van der Waals surface area contributed by atoms with Crippen molar-refractivity contribution in [3.05, 3.63) is 235 Å². The zero-order chi connectivity index (χ0) is 37.5. The number of hydrogen-bond donors (Lipinski definition) is 0. The van der Waals surface area contributed by atoms with Gasteiger partial charge in [-0.3, -0.25) is 0 Å². The van der Waals surface area contributed by atoms with Crippen LogP contribution in [0.25, 0.3) is 64.7 Å². The first-order valence-electron chi connectivity index (χ1n) is 19.7. The molecule has 1 aromatic heterocycles. The predicted octanol–water partition coefficient (Wildman–Crippen LogP) is 15.2. The third kappa shape index (κ3) is 4.68. The molecule has 1 spiro atoms. The SMILES string of the molecule is c1ccc(-c2cccc(N(c3ccc(-c4cccc5c4sc4ccccc45)cc3)c3ccc4c(c3)C3(c5ccccc5-c5ccccc53)c3ccccc3-4)c2)cc1. The monoisotopic (exact) mass is 741 g/mol. The fraction of sp³-hybridized carbons (Fsp3) is 0.0182. The standard InChI is InChI=1S/C55H35NS/c1-2-14-36(15-3-1)38-16-12-17-40(34-38)56(39-30-28-37(29-31-39)42-22-13-23-48-47-21-7-11-27-53(47)57-54(42)48)41-32-33-46-45-20-6-10-26-51(45)55(52(46)35-41)49-24-8-4-18-43(49)44-19-5-9-25-50(44)55/h1-35H. The lowest BCUT2D eigenvalue weighted by molar-refractivity contribution is 0.793. The van der Waals surface area contributed by atoms with Crippen LogP contribution in [0, 0.1) is 0 Å². The van der Waals surface area contributed by atoms with Gasteiger partial charge in [0.25, 0.3) is 0 Å². The Balaban J connectivity index is 1.07. The van der Waals surface area contributed by atoms with Crippen LogP contribution in [0.15, 0.2) is 212 Å². The van der Waals surface area contributed by atoms with Crippen molar-refractivity contribution in [2.75, 3.05) is 4.90 Å². The highest BCUT2D eigenvalue weighted by molar-refractivity contribution is 7.26. The Labute approximate surface area is 336 Å². The Bertz CT molecular complexity index is 3130. The molecule has 1 nitrogen and oxygen atoms in total. The van der Waals surface area contributed by atoms with E-state index >= 15 is 0 Å². The number of anilines is 3. The maximum absolute atomic E-state index is 2.48. The summed E-state index contributed by atoms with van der Waals surface area (Å²) in [5.74, 6) is 0. The molecule has 10 aromatic rings. The Hall–Kier alpha value is -7.00. The topological polar surface area (TPSA) is 3.24 Å². The maximum atomic E-state index is 2.48. The zero-order valence-electron chi connectivity index (χ0n) is 31.1. The number of thiophene rings is 1. The van der Waals surface area contributed by atoms with Crippen molar-refractivity contribution in [1.82, 2.24) is 0 Å². The molecule has 9 aromatic carbocycles. The summed E-state index contributed by atoms with van der Waals surface area (Å²) >= 11 is 1.88. The first-order valence-corrected chi connectivity index (χ1v) is 20.5. The molecule has 12 rings (SSSR count). The minimum Gasteiger partial charge on any atom is -0.310 e. The van der Waals surface area contributed by atoms with Gasteiger partial charge in [-0.2, -0.15) is 0 Å². The van der Waals surface area contributed by atoms with Crippen LogP contribution in [0.3, 0.4) is 0 Å². The van der Waals surface area contributed by atoms with Crippen LogP contribution in [0.4, 0.5) is 17.1 Å². The third-order valence-electron chi connectivity index (χ3n) is 12.3. The van der Waals surface area contributed by atoms with Crippen molar-refractivity contribution in [2.45, 2.75) is 5.41 Å². The van der Waals surface area contributed by atoms with Crippen LogP contribution in [-0.4, -0.2) is 0 Å². The van der Waals surface area contributed by atoms with Crippen LogP contribution in [0.2, 0.25) is 0 Å². The summed E-state index contributed by atoms with van der Waals surface area (Å²) in [6.45, 7) is 0. The Morgan fingerprint density at radius 3 is 1.56 bits per heavy atom. The van der Waals surface area contributed by atoms with Gasteiger partial charge in [0.15, 0.2) is 0 Å². The lowest BCUT2D eigenvalue weighted by Crippen LogP contribution is -2.26. The molecule has 0 bridgehead atoms. The number of hydrogen-bond acceptors (Lipinski definition) is 2. The molecule has 57 heavy (non-hydrogen) atoms. The van der Waals surface area contributed by atoms with Crippen molar-refractivity contribution in [3.63, 3.8) is 0 Å². The first kappa shape index (κ1) is 32.3. The van der Waals surface area contributed by atoms with Crippen molar-refractivity contribution in [3.8, 4) is 44.5 Å². The van der Waals surface area contributed by atoms with E-state index in [4.69, 9.17) is 0 Å². The fourth-order valence-corrected chi connectivity index (χ4v) is 11.1. The van der Waals surface area contributed by atoms with E-state index in [1.807, 2.05) is 11.3 Å². The molecule has 0 saturated carbocycles. The second-order valence-corrected chi connectivity index (χ2v) is 16.2. The molecule has 1 heterocycles. The highest BCUT2D eigenvalue weighted by Crippen LogP contribution is 2.63. The smallest absolute Gasteiger partial charge is 0.0726 e. The molecule has 2 aliphatic rings. The van der Waals surface area contributed by atoms with Crippen molar-refractivity contribution in [2.24, 2.45) is 0 Å². The first-order chi connectivity index (χ1) is 28.3. The van der Waals surface area contributed by atoms with E-state index in [-0.39, 0.29) is 0 Å². The molecule has 266 valence electrons. The summed E-state index contributed by atoms with van der Waals surface area (Å²) < 4.78 is 2.66. The van der Waals surface area contributed by atoms with Crippen LogP contribution in [-0.2, 0) is 5.41 Å². The number of benzene rings is 9. The van der Waals surface area contributed by atoms with E-state index in [1.54, 1.807) is 0 Å². The highest BCUT2D eigenvalue weighted by Gasteiger charge is 2.51. The van der Waals surface area contributed by atoms with Gasteiger partial charge in [0.1, 0.15) is 0 Å². The van der Waals surface area contributed by atoms with Gasteiger partial charge in [0.05, 0.1) is 5.41 Å². The van der Waals surface area contributed by atoms with E-state index in [0.717, 1.165) is 17.1 Å². The lowest BCUT2D eigenvalue weighted by atomic mass is 9.70. The third-order valence-corrected chi connectivity index (χ3v) is 13.5. The van der Waals surface area contributed by atoms with Gasteiger partial charge >= 0.3 is 0 Å². The summed E-state index contributed by atoms with van der Waals surface area (Å²) in [6.07, 6.45) is 0. The fourth-order valence-electron chi connectivity index (χ4n) is 9.89. The zero-order valence-corrected chi connectivity index (χ0v) is 31.9. The summed E-state index contributed by atoms with van der Waals surface area (Å²) in [7, 11) is 0. The Morgan fingerprint density at radius 2 is 0.842 bits per heavy atom. The molecule has 2 aliphatic carbocycles. The molecule has 0 saturated heterocycles. The molecule has 0 aliphatic heterocycles. The number of fused-ring (bicyclic) bond motifs is 13. The van der Waals surface area contributed by atoms with Crippen LogP contribution < -0.4 is 4.90 Å². The minimum atomic E-state index is -0.417. The van der Waals surface area contributed by atoms with E-state index in [1.165, 1.54) is 86.9 Å². The molecular formula is C55H35NS. The number of nitrogens with zero attached hydrogens (tertiary/aromatic N) is 1. The quantitative estimate of drug-likeness (QED) is 0.170. The van der Waals surface area contributed by atoms with E-state index in [9.17, 15) is 0 Å². The molecule has 0 fully saturated rings. The second-order valence-electron chi connectivity index (χ2n) is 15.2. The number of rotatable bonds is 5. The Kier molecular flexibility index (Phi) is 7.08. The molecular weight excluding hydrogens is 707 g/mol. The van der Waals surface area contributed by atoms with E-state index < -0.39 is 5.41 Å². The molecule has 2 heteroatoms. The molecule has 0 radical (unpaired) electrons. The largest absolute Gasteiger partial charge is 0.310 e. The van der Waals surface area contributed by atoms with Gasteiger partial charge in [-0.15, -0.1) is 11.3 Å². The second kappa shape index (κ2) is 12.5. The van der Waals surface area contributed by atoms with Gasteiger partial charge in [0.2, 0.25) is 0 Å².